The molecule has 0 saturated carbocycles. The molecule has 16 heavy (non-hydrogen) atoms. The average molecular weight is 228 g/mol. The summed E-state index contributed by atoms with van der Waals surface area (Å²) < 4.78 is 31.2. The molecule has 0 unspecified atom stereocenters. The highest BCUT2D eigenvalue weighted by molar-refractivity contribution is 5.69. The lowest BCUT2D eigenvalue weighted by atomic mass is 10.0. The summed E-state index contributed by atoms with van der Waals surface area (Å²) in [6.07, 6.45) is 0.723. The van der Waals surface area contributed by atoms with E-state index in [1.165, 1.54) is 19.2 Å². The highest BCUT2D eigenvalue weighted by atomic mass is 19.1. The predicted octanol–water partition coefficient (Wildman–Crippen LogP) is 2.63. The summed E-state index contributed by atoms with van der Waals surface area (Å²) in [5.74, 6) is -1.50. The lowest BCUT2D eigenvalue weighted by Crippen LogP contribution is -2.03. The van der Waals surface area contributed by atoms with Crippen molar-refractivity contribution in [1.82, 2.24) is 0 Å². The van der Waals surface area contributed by atoms with Gasteiger partial charge in [0.05, 0.1) is 7.11 Å². The first-order valence-electron chi connectivity index (χ1n) is 5.12. The molecule has 0 bridgehead atoms. The molecule has 0 heterocycles. The number of ether oxygens (including phenoxy) is 1. The van der Waals surface area contributed by atoms with Crippen LogP contribution in [-0.2, 0) is 22.4 Å². The average Bonchev–Trinajstić information content (AvgIpc) is 2.25. The summed E-state index contributed by atoms with van der Waals surface area (Å²) in [6.45, 7) is 1.69. The van der Waals surface area contributed by atoms with E-state index in [1.807, 2.05) is 0 Å². The van der Waals surface area contributed by atoms with Crippen molar-refractivity contribution in [2.45, 2.75) is 26.2 Å². The zero-order valence-electron chi connectivity index (χ0n) is 9.35. The fourth-order valence-corrected chi connectivity index (χ4v) is 1.49. The van der Waals surface area contributed by atoms with E-state index in [1.54, 1.807) is 6.92 Å². The Morgan fingerprint density at radius 2 is 1.88 bits per heavy atom. The first-order valence-corrected chi connectivity index (χ1v) is 5.12. The number of halogens is 2. The molecule has 0 aromatic heterocycles. The quantitative estimate of drug-likeness (QED) is 0.740. The van der Waals surface area contributed by atoms with Crippen LogP contribution in [0.3, 0.4) is 0 Å². The standard InChI is InChI=1S/C12H14F2O2/c1-3-9-10(13)6-8(7-11(9)14)4-5-12(15)16-2/h6-7H,3-5H2,1-2H3. The minimum Gasteiger partial charge on any atom is -0.469 e. The van der Waals surface area contributed by atoms with Crippen LogP contribution in [-0.4, -0.2) is 13.1 Å². The van der Waals surface area contributed by atoms with E-state index in [0.717, 1.165) is 0 Å². The van der Waals surface area contributed by atoms with Gasteiger partial charge >= 0.3 is 5.97 Å². The van der Waals surface area contributed by atoms with Crippen molar-refractivity contribution in [2.75, 3.05) is 7.11 Å². The van der Waals surface area contributed by atoms with Gasteiger partial charge in [-0.25, -0.2) is 8.78 Å². The van der Waals surface area contributed by atoms with Crippen LogP contribution in [0.25, 0.3) is 0 Å². The molecule has 0 N–H and O–H groups in total. The summed E-state index contributed by atoms with van der Waals surface area (Å²) in [5, 5.41) is 0. The fraction of sp³-hybridized carbons (Fsp3) is 0.417. The van der Waals surface area contributed by atoms with Gasteiger partial charge in [0.25, 0.3) is 0 Å². The molecule has 0 spiro atoms. The van der Waals surface area contributed by atoms with Crippen molar-refractivity contribution < 1.29 is 18.3 Å². The molecule has 0 fully saturated rings. The number of hydrogen-bond acceptors (Lipinski definition) is 2. The number of carbonyl (C=O) groups excluding carboxylic acids is 1. The van der Waals surface area contributed by atoms with Crippen molar-refractivity contribution >= 4 is 5.97 Å². The van der Waals surface area contributed by atoms with Gasteiger partial charge in [0, 0.05) is 12.0 Å². The molecule has 4 heteroatoms. The molecule has 0 aliphatic rings. The molecule has 0 aliphatic carbocycles. The molecule has 88 valence electrons. The zero-order valence-corrected chi connectivity index (χ0v) is 9.35. The van der Waals surface area contributed by atoms with Crippen LogP contribution in [0.4, 0.5) is 8.78 Å². The molecule has 0 aliphatic heterocycles. The molecule has 0 atom stereocenters. The Kier molecular flexibility index (Phi) is 4.40. The van der Waals surface area contributed by atoms with Crippen LogP contribution >= 0.6 is 0 Å². The minimum atomic E-state index is -0.553. The highest BCUT2D eigenvalue weighted by Crippen LogP contribution is 2.17. The van der Waals surface area contributed by atoms with E-state index >= 15 is 0 Å². The Balaban J connectivity index is 2.79. The third-order valence-corrected chi connectivity index (χ3v) is 2.40. The second-order valence-electron chi connectivity index (χ2n) is 3.47. The Morgan fingerprint density at radius 3 is 2.31 bits per heavy atom. The highest BCUT2D eigenvalue weighted by Gasteiger charge is 2.10. The Morgan fingerprint density at radius 1 is 1.31 bits per heavy atom. The normalized spacial score (nSPS) is 10.2. The third kappa shape index (κ3) is 3.02. The molecular formula is C12H14F2O2. The summed E-state index contributed by atoms with van der Waals surface area (Å²) in [7, 11) is 1.28. The number of hydrogen-bond donors (Lipinski definition) is 0. The number of aryl methyl sites for hydroxylation is 1. The van der Waals surface area contributed by atoms with Crippen molar-refractivity contribution in [2.24, 2.45) is 0 Å². The molecule has 0 radical (unpaired) electrons. The lowest BCUT2D eigenvalue weighted by Gasteiger charge is -2.06. The van der Waals surface area contributed by atoms with Crippen molar-refractivity contribution in [3.63, 3.8) is 0 Å². The molecule has 1 rings (SSSR count). The largest absolute Gasteiger partial charge is 0.469 e. The fourth-order valence-electron chi connectivity index (χ4n) is 1.49. The molecule has 1 aromatic carbocycles. The first-order chi connectivity index (χ1) is 7.58. The summed E-state index contributed by atoms with van der Waals surface area (Å²) in [5.41, 5.74) is 0.555. The van der Waals surface area contributed by atoms with Crippen LogP contribution in [0, 0.1) is 11.6 Å². The molecular weight excluding hydrogens is 214 g/mol. The zero-order chi connectivity index (χ0) is 12.1. The lowest BCUT2D eigenvalue weighted by molar-refractivity contribution is -0.140. The van der Waals surface area contributed by atoms with Crippen molar-refractivity contribution in [3.05, 3.63) is 34.9 Å². The second kappa shape index (κ2) is 5.58. The van der Waals surface area contributed by atoms with Gasteiger partial charge in [0.1, 0.15) is 11.6 Å². The number of methoxy groups -OCH3 is 1. The first kappa shape index (κ1) is 12.6. The smallest absolute Gasteiger partial charge is 0.305 e. The maximum absolute atomic E-state index is 13.4. The SMILES string of the molecule is CCc1c(F)cc(CCC(=O)OC)cc1F. The predicted molar refractivity (Wildman–Crippen MR) is 56.1 cm³/mol. The Bertz CT molecular complexity index is 366. The van der Waals surface area contributed by atoms with Gasteiger partial charge in [0.15, 0.2) is 0 Å². The Labute approximate surface area is 93.2 Å². The second-order valence-corrected chi connectivity index (χ2v) is 3.47. The number of carbonyl (C=O) groups is 1. The maximum Gasteiger partial charge on any atom is 0.305 e. The van der Waals surface area contributed by atoms with E-state index in [4.69, 9.17) is 0 Å². The topological polar surface area (TPSA) is 26.3 Å². The summed E-state index contributed by atoms with van der Waals surface area (Å²) in [6, 6.07) is 2.54. The van der Waals surface area contributed by atoms with Crippen LogP contribution in [0.15, 0.2) is 12.1 Å². The van der Waals surface area contributed by atoms with Gasteiger partial charge < -0.3 is 4.74 Å². The monoisotopic (exact) mass is 228 g/mol. The number of rotatable bonds is 4. The number of esters is 1. The van der Waals surface area contributed by atoms with E-state index in [9.17, 15) is 13.6 Å². The summed E-state index contributed by atoms with van der Waals surface area (Å²) >= 11 is 0. The molecule has 0 amide bonds. The van der Waals surface area contributed by atoms with E-state index in [0.29, 0.717) is 12.0 Å². The molecule has 2 nitrogen and oxygen atoms in total. The third-order valence-electron chi connectivity index (χ3n) is 2.40. The van der Waals surface area contributed by atoms with Gasteiger partial charge in [-0.1, -0.05) is 6.92 Å². The Hall–Kier alpha value is -1.45. The van der Waals surface area contributed by atoms with Gasteiger partial charge in [-0.2, -0.15) is 0 Å². The van der Waals surface area contributed by atoms with Crippen molar-refractivity contribution in [3.8, 4) is 0 Å². The van der Waals surface area contributed by atoms with Gasteiger partial charge in [-0.15, -0.1) is 0 Å². The van der Waals surface area contributed by atoms with Gasteiger partial charge in [-0.05, 0) is 30.5 Å². The van der Waals surface area contributed by atoms with E-state index in [-0.39, 0.29) is 24.4 Å². The van der Waals surface area contributed by atoms with Crippen LogP contribution in [0.1, 0.15) is 24.5 Å². The maximum atomic E-state index is 13.4. The van der Waals surface area contributed by atoms with Crippen LogP contribution in [0.5, 0.6) is 0 Å². The molecule has 1 aromatic rings. The van der Waals surface area contributed by atoms with E-state index in [2.05, 4.69) is 4.74 Å². The van der Waals surface area contributed by atoms with Gasteiger partial charge in [0.2, 0.25) is 0 Å². The minimum absolute atomic E-state index is 0.0850. The summed E-state index contributed by atoms with van der Waals surface area (Å²) in [4.78, 5) is 10.9. The van der Waals surface area contributed by atoms with Gasteiger partial charge in [-0.3, -0.25) is 4.79 Å². The van der Waals surface area contributed by atoms with Crippen molar-refractivity contribution in [1.29, 1.82) is 0 Å². The van der Waals surface area contributed by atoms with Crippen LogP contribution in [0.2, 0.25) is 0 Å². The van der Waals surface area contributed by atoms with Crippen LogP contribution < -0.4 is 0 Å². The number of benzene rings is 1. The molecule has 0 saturated heterocycles. The van der Waals surface area contributed by atoms with E-state index < -0.39 is 11.6 Å².